The Hall–Kier alpha value is -2.21. The third kappa shape index (κ3) is 3.59. The van der Waals surface area contributed by atoms with Gasteiger partial charge < -0.3 is 28.8 Å². The summed E-state index contributed by atoms with van der Waals surface area (Å²) in [7, 11) is 1.93. The molecule has 0 radical (unpaired) electrons. The van der Waals surface area contributed by atoms with Crippen molar-refractivity contribution >= 4 is 17.3 Å². The van der Waals surface area contributed by atoms with E-state index in [0.29, 0.717) is 0 Å². The SMILES string of the molecule is C[n+]1ccn(C(C(N)=O)C2CCN(c3ccc(N)cc3)C2)c1.[Cl-]. The number of imidazole rings is 1. The zero-order valence-electron chi connectivity index (χ0n) is 13.1. The third-order valence-corrected chi connectivity index (χ3v) is 4.33. The normalized spacial score (nSPS) is 18.5. The molecular weight excluding hydrogens is 314 g/mol. The van der Waals surface area contributed by atoms with Crippen molar-refractivity contribution in [2.75, 3.05) is 23.7 Å². The number of hydrogen-bond acceptors (Lipinski definition) is 3. The van der Waals surface area contributed by atoms with Crippen molar-refractivity contribution in [3.8, 4) is 0 Å². The molecule has 2 unspecified atom stereocenters. The highest BCUT2D eigenvalue weighted by Gasteiger charge is 2.37. The molecule has 6 nitrogen and oxygen atoms in total. The van der Waals surface area contributed by atoms with Crippen molar-refractivity contribution in [1.29, 1.82) is 0 Å². The van der Waals surface area contributed by atoms with Gasteiger partial charge in [0, 0.05) is 30.4 Å². The molecule has 0 spiro atoms. The van der Waals surface area contributed by atoms with Gasteiger partial charge in [0.25, 0.3) is 5.91 Å². The van der Waals surface area contributed by atoms with Crippen molar-refractivity contribution in [2.24, 2.45) is 18.7 Å². The van der Waals surface area contributed by atoms with E-state index in [1.807, 2.05) is 59.2 Å². The first-order valence-electron chi connectivity index (χ1n) is 7.47. The lowest BCUT2D eigenvalue weighted by Crippen LogP contribution is -3.00. The number of amides is 1. The Morgan fingerprint density at radius 1 is 1.35 bits per heavy atom. The van der Waals surface area contributed by atoms with Gasteiger partial charge in [-0.1, -0.05) is 0 Å². The maximum Gasteiger partial charge on any atom is 0.263 e. The summed E-state index contributed by atoms with van der Waals surface area (Å²) in [5.74, 6) is -0.0668. The van der Waals surface area contributed by atoms with Crippen LogP contribution in [0.15, 0.2) is 43.0 Å². The number of halogens is 1. The number of carbonyl (C=O) groups excluding carboxylic acids is 1. The Morgan fingerprint density at radius 2 is 2.04 bits per heavy atom. The van der Waals surface area contributed by atoms with Crippen molar-refractivity contribution in [3.05, 3.63) is 43.0 Å². The molecule has 0 bridgehead atoms. The molecule has 1 saturated heterocycles. The Labute approximate surface area is 142 Å². The summed E-state index contributed by atoms with van der Waals surface area (Å²) < 4.78 is 3.84. The van der Waals surface area contributed by atoms with E-state index < -0.39 is 0 Å². The van der Waals surface area contributed by atoms with Gasteiger partial charge in [0.2, 0.25) is 6.33 Å². The highest BCUT2D eigenvalue weighted by molar-refractivity contribution is 5.79. The van der Waals surface area contributed by atoms with E-state index in [-0.39, 0.29) is 30.3 Å². The van der Waals surface area contributed by atoms with E-state index >= 15 is 0 Å². The molecule has 1 aromatic carbocycles. The predicted octanol–water partition coefficient (Wildman–Crippen LogP) is -2.55. The Morgan fingerprint density at radius 3 is 2.61 bits per heavy atom. The number of carbonyl (C=O) groups is 1. The zero-order chi connectivity index (χ0) is 15.7. The Bertz CT molecular complexity index is 669. The summed E-state index contributed by atoms with van der Waals surface area (Å²) in [5.41, 5.74) is 13.3. The van der Waals surface area contributed by atoms with Crippen LogP contribution in [0.2, 0.25) is 0 Å². The molecular formula is C16H22ClN5O. The molecule has 1 aliphatic rings. The van der Waals surface area contributed by atoms with Crippen LogP contribution < -0.4 is 33.3 Å². The minimum Gasteiger partial charge on any atom is -1.00 e. The Balaban J connectivity index is 0.00000192. The minimum absolute atomic E-state index is 0. The first kappa shape index (κ1) is 17.1. The van der Waals surface area contributed by atoms with Gasteiger partial charge in [-0.3, -0.25) is 4.79 Å². The van der Waals surface area contributed by atoms with E-state index in [9.17, 15) is 4.79 Å². The molecule has 7 heteroatoms. The lowest BCUT2D eigenvalue weighted by Gasteiger charge is -2.21. The number of benzene rings is 1. The van der Waals surface area contributed by atoms with E-state index in [0.717, 1.165) is 30.9 Å². The molecule has 1 amide bonds. The van der Waals surface area contributed by atoms with Gasteiger partial charge in [-0.25, -0.2) is 9.13 Å². The maximum absolute atomic E-state index is 11.9. The summed E-state index contributed by atoms with van der Waals surface area (Å²) in [6.45, 7) is 1.74. The third-order valence-electron chi connectivity index (χ3n) is 4.33. The first-order valence-corrected chi connectivity index (χ1v) is 7.47. The molecule has 2 heterocycles. The molecule has 4 N–H and O–H groups in total. The molecule has 0 saturated carbocycles. The van der Waals surface area contributed by atoms with E-state index in [1.54, 1.807) is 0 Å². The fourth-order valence-electron chi connectivity index (χ4n) is 3.22. The maximum atomic E-state index is 11.9. The number of nitrogens with zero attached hydrogens (tertiary/aromatic N) is 3. The van der Waals surface area contributed by atoms with Crippen LogP contribution in [0.4, 0.5) is 11.4 Å². The molecule has 23 heavy (non-hydrogen) atoms. The standard InChI is InChI=1S/C16H21N5O.ClH/c1-19-8-9-21(11-19)15(16(18)22)12-6-7-20(10-12)14-4-2-13(17)3-5-14;/h2-5,8-9,11-12,15H,6-7,10,17H2,1H3,(H-,18,22);1H. The average Bonchev–Trinajstić information content (AvgIpc) is 3.10. The summed E-state index contributed by atoms with van der Waals surface area (Å²) in [5, 5.41) is 0. The van der Waals surface area contributed by atoms with Crippen LogP contribution in [-0.4, -0.2) is 23.6 Å². The number of aryl methyl sites for hydroxylation is 1. The molecule has 124 valence electrons. The lowest BCUT2D eigenvalue weighted by atomic mass is 9.98. The molecule has 2 aromatic rings. The minimum atomic E-state index is -0.306. The van der Waals surface area contributed by atoms with Crippen molar-refractivity contribution in [1.82, 2.24) is 4.57 Å². The first-order chi connectivity index (χ1) is 10.5. The molecule has 1 aromatic heterocycles. The fraction of sp³-hybridized carbons (Fsp3) is 0.375. The van der Waals surface area contributed by atoms with Gasteiger partial charge in [0.05, 0.1) is 7.05 Å². The summed E-state index contributed by atoms with van der Waals surface area (Å²) in [4.78, 5) is 14.2. The second-order valence-corrected chi connectivity index (χ2v) is 5.96. The molecule has 1 aliphatic heterocycles. The van der Waals surface area contributed by atoms with Crippen molar-refractivity contribution < 1.29 is 21.8 Å². The number of nitrogens with two attached hydrogens (primary N) is 2. The number of aromatic nitrogens is 2. The van der Waals surface area contributed by atoms with E-state index in [4.69, 9.17) is 11.5 Å². The number of rotatable bonds is 4. The van der Waals surface area contributed by atoms with Gasteiger partial charge in [-0.05, 0) is 30.7 Å². The fourth-order valence-corrected chi connectivity index (χ4v) is 3.22. The van der Waals surface area contributed by atoms with Gasteiger partial charge in [-0.15, -0.1) is 0 Å². The summed E-state index contributed by atoms with van der Waals surface area (Å²) in [6.07, 6.45) is 6.67. The van der Waals surface area contributed by atoms with Crippen molar-refractivity contribution in [2.45, 2.75) is 12.5 Å². The number of anilines is 2. The molecule has 2 atom stereocenters. The number of primary amides is 1. The average molecular weight is 336 g/mol. The monoisotopic (exact) mass is 335 g/mol. The van der Waals surface area contributed by atoms with Crippen LogP contribution in [0.1, 0.15) is 12.5 Å². The molecule has 3 rings (SSSR count). The summed E-state index contributed by atoms with van der Waals surface area (Å²) >= 11 is 0. The second kappa shape index (κ2) is 6.91. The van der Waals surface area contributed by atoms with Gasteiger partial charge >= 0.3 is 0 Å². The highest BCUT2D eigenvalue weighted by atomic mass is 35.5. The zero-order valence-corrected chi connectivity index (χ0v) is 13.9. The molecule has 1 fully saturated rings. The second-order valence-electron chi connectivity index (χ2n) is 5.96. The van der Waals surface area contributed by atoms with Crippen LogP contribution in [0.5, 0.6) is 0 Å². The quantitative estimate of drug-likeness (QED) is 0.477. The van der Waals surface area contributed by atoms with E-state index in [2.05, 4.69) is 4.90 Å². The summed E-state index contributed by atoms with van der Waals surface area (Å²) in [6, 6.07) is 7.54. The lowest BCUT2D eigenvalue weighted by molar-refractivity contribution is -0.671. The van der Waals surface area contributed by atoms with Gasteiger partial charge in [0.15, 0.2) is 6.04 Å². The van der Waals surface area contributed by atoms with Crippen LogP contribution >= 0.6 is 0 Å². The van der Waals surface area contributed by atoms with E-state index in [1.165, 1.54) is 0 Å². The predicted molar refractivity (Wildman–Crippen MR) is 85.0 cm³/mol. The number of hydrogen-bond donors (Lipinski definition) is 2. The molecule has 0 aliphatic carbocycles. The Kier molecular flexibility index (Phi) is 5.15. The number of nitrogen functional groups attached to an aromatic ring is 1. The van der Waals surface area contributed by atoms with Gasteiger partial charge in [-0.2, -0.15) is 0 Å². The van der Waals surface area contributed by atoms with Crippen LogP contribution in [0.25, 0.3) is 0 Å². The van der Waals surface area contributed by atoms with Crippen LogP contribution in [-0.2, 0) is 11.8 Å². The highest BCUT2D eigenvalue weighted by Crippen LogP contribution is 2.31. The van der Waals surface area contributed by atoms with Gasteiger partial charge in [0.1, 0.15) is 12.4 Å². The largest absolute Gasteiger partial charge is 1.00 e. The van der Waals surface area contributed by atoms with Crippen LogP contribution in [0.3, 0.4) is 0 Å². The van der Waals surface area contributed by atoms with Crippen LogP contribution in [0, 0.1) is 5.92 Å². The smallest absolute Gasteiger partial charge is 0.263 e. The topological polar surface area (TPSA) is 81.2 Å². The van der Waals surface area contributed by atoms with Crippen molar-refractivity contribution in [3.63, 3.8) is 0 Å².